The van der Waals surface area contributed by atoms with Gasteiger partial charge in [0, 0.05) is 12.8 Å². The smallest absolute Gasteiger partial charge is 0.310 e. The van der Waals surface area contributed by atoms with Gasteiger partial charge in [0.2, 0.25) is 0 Å². The summed E-state index contributed by atoms with van der Waals surface area (Å²) < 4.78 is 23.9. The lowest BCUT2D eigenvalue weighted by Gasteiger charge is -2.25. The number of ketones is 1. The monoisotopic (exact) mass is 520 g/mol. The Morgan fingerprint density at radius 2 is 1.00 bits per heavy atom. The number of rotatable bonds is 16. The molecule has 0 aliphatic rings. The summed E-state index contributed by atoms with van der Waals surface area (Å²) in [5, 5.41) is 18.9. The third-order valence-corrected chi connectivity index (χ3v) is 5.21. The number of aliphatic hydroxyl groups is 2. The van der Waals surface area contributed by atoms with Gasteiger partial charge >= 0.3 is 29.8 Å². The summed E-state index contributed by atoms with van der Waals surface area (Å²) in [6.07, 6.45) is -3.98. The highest BCUT2D eigenvalue weighted by molar-refractivity contribution is 5.92. The molecular weight excluding hydrogens is 484 g/mol. The normalized spacial score (nSPS) is 15.8. The molecule has 0 spiro atoms. The summed E-state index contributed by atoms with van der Waals surface area (Å²) in [6, 6.07) is 0. The number of Topliss-reactive ketones (excluding diaryl/α,β-unsaturated/α-hetero) is 1. The summed E-state index contributed by atoms with van der Waals surface area (Å²) in [5.41, 5.74) is 0. The lowest BCUT2D eigenvalue weighted by atomic mass is 9.82. The molecule has 0 saturated heterocycles. The minimum Gasteiger partial charge on any atom is -0.469 e. The van der Waals surface area contributed by atoms with Crippen molar-refractivity contribution in [1.82, 2.24) is 0 Å². The Balaban J connectivity index is 6.07. The van der Waals surface area contributed by atoms with Crippen LogP contribution in [0.5, 0.6) is 0 Å². The van der Waals surface area contributed by atoms with Crippen LogP contribution in [0, 0.1) is 23.7 Å². The zero-order valence-corrected chi connectivity index (χ0v) is 21.4. The fraction of sp³-hybridized carbons (Fsp3) is 0.739. The van der Waals surface area contributed by atoms with Crippen molar-refractivity contribution in [3.05, 3.63) is 0 Å². The second-order valence-corrected chi connectivity index (χ2v) is 8.34. The standard InChI is InChI=1S/C23H36O13/c1-12(24)10-35-22(30)17(18(9-19(27)32-4)23(31)36-11-13(2)25)8-15(26)7-16(21(29)34-6)14(3)20(28)33-5/h12-14,16-18,24-25H,7-11H2,1-6H3. The number of carbonyl (C=O) groups is 6. The zero-order valence-electron chi connectivity index (χ0n) is 21.4. The molecule has 0 fully saturated rings. The maximum absolute atomic E-state index is 13.0. The van der Waals surface area contributed by atoms with Gasteiger partial charge in [-0.3, -0.25) is 28.8 Å². The third-order valence-electron chi connectivity index (χ3n) is 5.21. The van der Waals surface area contributed by atoms with Crippen LogP contribution in [-0.2, 0) is 52.5 Å². The highest BCUT2D eigenvalue weighted by atomic mass is 16.6. The number of aliphatic hydroxyl groups excluding tert-OH is 2. The van der Waals surface area contributed by atoms with Crippen molar-refractivity contribution in [1.29, 1.82) is 0 Å². The summed E-state index contributed by atoms with van der Waals surface area (Å²) in [7, 11) is 3.24. The van der Waals surface area contributed by atoms with Gasteiger partial charge in [0.05, 0.1) is 63.6 Å². The van der Waals surface area contributed by atoms with Crippen molar-refractivity contribution in [2.75, 3.05) is 34.5 Å². The first-order valence-electron chi connectivity index (χ1n) is 11.2. The van der Waals surface area contributed by atoms with E-state index >= 15 is 0 Å². The Bertz CT molecular complexity index is 774. The van der Waals surface area contributed by atoms with Gasteiger partial charge in [-0.25, -0.2) is 0 Å². The largest absolute Gasteiger partial charge is 0.469 e. The predicted octanol–water partition coefficient (Wildman–Crippen LogP) is -0.422. The highest BCUT2D eigenvalue weighted by Gasteiger charge is 2.41. The quantitative estimate of drug-likeness (QED) is 0.197. The number of hydrogen-bond donors (Lipinski definition) is 2. The average Bonchev–Trinajstić information content (AvgIpc) is 2.84. The Morgan fingerprint density at radius 3 is 1.39 bits per heavy atom. The van der Waals surface area contributed by atoms with Crippen LogP contribution in [0.1, 0.15) is 40.0 Å². The molecule has 13 nitrogen and oxygen atoms in total. The highest BCUT2D eigenvalue weighted by Crippen LogP contribution is 2.27. The van der Waals surface area contributed by atoms with Crippen molar-refractivity contribution in [2.45, 2.75) is 52.2 Å². The van der Waals surface area contributed by atoms with Gasteiger partial charge in [0.15, 0.2) is 0 Å². The number of esters is 5. The summed E-state index contributed by atoms with van der Waals surface area (Å²) in [6.45, 7) is 3.15. The van der Waals surface area contributed by atoms with Gasteiger partial charge in [-0.05, 0) is 13.8 Å². The lowest BCUT2D eigenvalue weighted by molar-refractivity contribution is -0.167. The minimum atomic E-state index is -1.57. The van der Waals surface area contributed by atoms with Gasteiger partial charge < -0.3 is 33.9 Å². The van der Waals surface area contributed by atoms with Crippen LogP contribution < -0.4 is 0 Å². The van der Waals surface area contributed by atoms with Crippen LogP contribution in [0.3, 0.4) is 0 Å². The SMILES string of the molecule is COC(=O)CC(C(=O)OCC(C)O)C(CC(=O)CC(C(=O)OC)C(C)C(=O)OC)C(=O)OCC(C)O. The summed E-state index contributed by atoms with van der Waals surface area (Å²) in [5.74, 6) is -10.8. The van der Waals surface area contributed by atoms with Crippen LogP contribution in [0.15, 0.2) is 0 Å². The first kappa shape index (κ1) is 32.9. The molecular formula is C23H36O13. The van der Waals surface area contributed by atoms with Gasteiger partial charge in [-0.2, -0.15) is 0 Å². The van der Waals surface area contributed by atoms with Crippen molar-refractivity contribution < 1.29 is 62.7 Å². The van der Waals surface area contributed by atoms with E-state index in [1.165, 1.54) is 20.8 Å². The fourth-order valence-electron chi connectivity index (χ4n) is 3.20. The van der Waals surface area contributed by atoms with E-state index in [9.17, 15) is 39.0 Å². The predicted molar refractivity (Wildman–Crippen MR) is 120 cm³/mol. The molecule has 13 heteroatoms. The maximum Gasteiger partial charge on any atom is 0.310 e. The van der Waals surface area contributed by atoms with E-state index in [1.54, 1.807) is 0 Å². The molecule has 0 aliphatic carbocycles. The molecule has 0 rings (SSSR count). The van der Waals surface area contributed by atoms with Crippen molar-refractivity contribution in [2.24, 2.45) is 23.7 Å². The number of carbonyl (C=O) groups excluding carboxylic acids is 6. The molecule has 2 N–H and O–H groups in total. The average molecular weight is 521 g/mol. The van der Waals surface area contributed by atoms with E-state index in [2.05, 4.69) is 14.2 Å². The van der Waals surface area contributed by atoms with E-state index < -0.39 is 104 Å². The molecule has 0 bridgehead atoms. The third kappa shape index (κ3) is 11.6. The van der Waals surface area contributed by atoms with Crippen LogP contribution in [0.4, 0.5) is 0 Å². The van der Waals surface area contributed by atoms with Crippen LogP contribution in [0.2, 0.25) is 0 Å². The van der Waals surface area contributed by atoms with Crippen LogP contribution >= 0.6 is 0 Å². The Kier molecular flexibility index (Phi) is 15.2. The van der Waals surface area contributed by atoms with Crippen molar-refractivity contribution >= 4 is 35.6 Å². The molecule has 0 amide bonds. The first-order valence-corrected chi connectivity index (χ1v) is 11.2. The fourth-order valence-corrected chi connectivity index (χ4v) is 3.20. The molecule has 0 saturated carbocycles. The van der Waals surface area contributed by atoms with E-state index in [0.29, 0.717) is 0 Å². The van der Waals surface area contributed by atoms with Crippen molar-refractivity contribution in [3.8, 4) is 0 Å². The summed E-state index contributed by atoms with van der Waals surface area (Å²) in [4.78, 5) is 74.7. The number of hydrogen-bond acceptors (Lipinski definition) is 13. The molecule has 0 aromatic carbocycles. The Labute approximate surface area is 209 Å². The second-order valence-electron chi connectivity index (χ2n) is 8.34. The molecule has 0 aliphatic heterocycles. The Morgan fingerprint density at radius 1 is 0.583 bits per heavy atom. The van der Waals surface area contributed by atoms with Gasteiger partial charge in [-0.1, -0.05) is 6.92 Å². The number of methoxy groups -OCH3 is 3. The van der Waals surface area contributed by atoms with Crippen LogP contribution in [-0.4, -0.2) is 92.6 Å². The van der Waals surface area contributed by atoms with Crippen molar-refractivity contribution in [3.63, 3.8) is 0 Å². The van der Waals surface area contributed by atoms with Gasteiger partial charge in [0.25, 0.3) is 0 Å². The summed E-state index contributed by atoms with van der Waals surface area (Å²) >= 11 is 0. The van der Waals surface area contributed by atoms with E-state index in [-0.39, 0.29) is 0 Å². The molecule has 0 heterocycles. The van der Waals surface area contributed by atoms with E-state index in [0.717, 1.165) is 21.3 Å². The molecule has 206 valence electrons. The first-order chi connectivity index (χ1) is 16.8. The molecule has 0 aromatic rings. The Hall–Kier alpha value is -3.06. The second kappa shape index (κ2) is 16.6. The maximum atomic E-state index is 13.0. The van der Waals surface area contributed by atoms with Gasteiger partial charge in [-0.15, -0.1) is 0 Å². The van der Waals surface area contributed by atoms with Gasteiger partial charge in [0.1, 0.15) is 19.0 Å². The number of ether oxygens (including phenoxy) is 5. The molecule has 36 heavy (non-hydrogen) atoms. The minimum absolute atomic E-state index is 0.443. The molecule has 0 aromatic heterocycles. The van der Waals surface area contributed by atoms with E-state index in [1.807, 2.05) is 0 Å². The zero-order chi connectivity index (χ0) is 28.0. The molecule has 6 atom stereocenters. The molecule has 0 radical (unpaired) electrons. The lowest BCUT2D eigenvalue weighted by Crippen LogP contribution is -2.38. The topological polar surface area (TPSA) is 189 Å². The van der Waals surface area contributed by atoms with Crippen LogP contribution in [0.25, 0.3) is 0 Å². The van der Waals surface area contributed by atoms with E-state index in [4.69, 9.17) is 9.47 Å². The molecule has 6 unspecified atom stereocenters.